The lowest BCUT2D eigenvalue weighted by atomic mass is 10.3. The van der Waals surface area contributed by atoms with Gasteiger partial charge in [-0.2, -0.15) is 0 Å². The lowest BCUT2D eigenvalue weighted by Crippen LogP contribution is -2.41. The van der Waals surface area contributed by atoms with Crippen LogP contribution in [0, 0.1) is 10.1 Å². The minimum absolute atomic E-state index is 0.137. The van der Waals surface area contributed by atoms with Gasteiger partial charge in [-0.3, -0.25) is 15.6 Å². The Kier molecular flexibility index (Phi) is 7.05. The number of hydrogen-bond acceptors (Lipinski definition) is 4. The summed E-state index contributed by atoms with van der Waals surface area (Å²) in [5.41, 5.74) is 10.7. The molecule has 0 saturated carbocycles. The molecule has 0 aromatic heterocycles. The van der Waals surface area contributed by atoms with Crippen molar-refractivity contribution in [3.63, 3.8) is 0 Å². The number of rotatable bonds is 3. The number of carbonyl (C=O) groups excluding carboxylic acids is 1. The fraction of sp³-hybridized carbons (Fsp3) is 0. The molecule has 0 aliphatic rings. The summed E-state index contributed by atoms with van der Waals surface area (Å²) in [4.78, 5) is 22.2. The van der Waals surface area contributed by atoms with Gasteiger partial charge in [-0.25, -0.2) is 4.99 Å². The lowest BCUT2D eigenvalue weighted by molar-refractivity contribution is -0.742. The maximum atomic E-state index is 9.88. The number of guanidine groups is 1. The van der Waals surface area contributed by atoms with Crippen molar-refractivity contribution in [2.75, 3.05) is 0 Å². The van der Waals surface area contributed by atoms with Crippen LogP contribution in [0.3, 0.4) is 0 Å². The van der Waals surface area contributed by atoms with Crippen LogP contribution in [-0.4, -0.2) is 22.7 Å². The quantitative estimate of drug-likeness (QED) is 0.185. The van der Waals surface area contributed by atoms with Gasteiger partial charge in [-0.15, -0.1) is 10.1 Å². The van der Waals surface area contributed by atoms with E-state index in [0.29, 0.717) is 6.41 Å². The van der Waals surface area contributed by atoms with Crippen molar-refractivity contribution in [2.24, 2.45) is 10.7 Å². The molecule has 0 fully saturated rings. The molecule has 1 rings (SSSR count). The molecule has 92 valence electrons. The predicted molar refractivity (Wildman–Crippen MR) is 58.8 cm³/mol. The molecule has 0 aliphatic carbocycles. The van der Waals surface area contributed by atoms with E-state index in [1.807, 2.05) is 18.2 Å². The number of nitrogens with two attached hydrogens (primary N) is 1. The largest absolute Gasteiger partial charge is 0.368 e. The molecule has 9 nitrogen and oxygen atoms in total. The highest BCUT2D eigenvalue weighted by Crippen LogP contribution is 2.08. The average Bonchev–Trinajstić information content (AvgIpc) is 2.27. The second-order valence-electron chi connectivity index (χ2n) is 2.46. The molecule has 0 heterocycles. The van der Waals surface area contributed by atoms with Crippen molar-refractivity contribution in [2.45, 2.75) is 0 Å². The molecule has 1 aromatic rings. The van der Waals surface area contributed by atoms with Crippen LogP contribution in [-0.2, 0) is 4.79 Å². The molecule has 0 saturated heterocycles. The summed E-state index contributed by atoms with van der Waals surface area (Å²) in [6, 6.07) is 9.18. The third-order valence-corrected chi connectivity index (χ3v) is 1.26. The number of para-hydroxylation sites is 1. The van der Waals surface area contributed by atoms with Crippen molar-refractivity contribution in [1.82, 2.24) is 10.9 Å². The van der Waals surface area contributed by atoms with Gasteiger partial charge in [0.2, 0.25) is 12.4 Å². The lowest BCUT2D eigenvalue weighted by Gasteiger charge is -2.01. The van der Waals surface area contributed by atoms with Gasteiger partial charge < -0.3 is 10.9 Å². The smallest absolute Gasteiger partial charge is 0.291 e. The Morgan fingerprint density at radius 2 is 2.00 bits per heavy atom. The van der Waals surface area contributed by atoms with E-state index in [9.17, 15) is 4.79 Å². The summed E-state index contributed by atoms with van der Waals surface area (Å²) in [5, 5.41) is 13.6. The van der Waals surface area contributed by atoms with Crippen LogP contribution < -0.4 is 16.6 Å². The zero-order valence-corrected chi connectivity index (χ0v) is 8.61. The van der Waals surface area contributed by atoms with Crippen LogP contribution in [0.4, 0.5) is 5.69 Å². The standard InChI is InChI=1S/C8H10N4O.HNO3/c9-8(12-10-6-13)11-7-4-2-1-3-5-7;2-1(3)4/h1-6H,(H,10,13)(H3,9,11,12);(H,2,3,4). The van der Waals surface area contributed by atoms with Gasteiger partial charge in [0.05, 0.1) is 5.69 Å². The number of aliphatic imine (C=N–C) groups is 1. The molecule has 0 spiro atoms. The molecular weight excluding hydrogens is 230 g/mol. The van der Waals surface area contributed by atoms with E-state index in [-0.39, 0.29) is 5.96 Å². The molecule has 0 aliphatic heterocycles. The van der Waals surface area contributed by atoms with Crippen LogP contribution in [0.2, 0.25) is 0 Å². The molecule has 0 radical (unpaired) electrons. The van der Waals surface area contributed by atoms with E-state index in [2.05, 4.69) is 15.8 Å². The first-order chi connectivity index (χ1) is 8.06. The monoisotopic (exact) mass is 241 g/mol. The van der Waals surface area contributed by atoms with Crippen LogP contribution >= 0.6 is 0 Å². The zero-order chi connectivity index (χ0) is 13.1. The first-order valence-electron chi connectivity index (χ1n) is 4.24. The Morgan fingerprint density at radius 3 is 2.47 bits per heavy atom. The Balaban J connectivity index is 0.000000557. The minimum Gasteiger partial charge on any atom is -0.368 e. The van der Waals surface area contributed by atoms with Gasteiger partial charge >= 0.3 is 0 Å². The van der Waals surface area contributed by atoms with Gasteiger partial charge in [0.1, 0.15) is 0 Å². The summed E-state index contributed by atoms with van der Waals surface area (Å²) >= 11 is 0. The van der Waals surface area contributed by atoms with Gasteiger partial charge in [0.25, 0.3) is 5.09 Å². The van der Waals surface area contributed by atoms with Crippen LogP contribution in [0.5, 0.6) is 0 Å². The Morgan fingerprint density at radius 1 is 1.47 bits per heavy atom. The SMILES string of the molecule is NC(=Nc1ccccc1)NNC=O.O=[N+]([O-])O. The Hall–Kier alpha value is -2.84. The topological polar surface area (TPSA) is 143 Å². The average molecular weight is 241 g/mol. The van der Waals surface area contributed by atoms with Crippen molar-refractivity contribution in [3.8, 4) is 0 Å². The predicted octanol–water partition coefficient (Wildman–Crippen LogP) is -0.464. The van der Waals surface area contributed by atoms with Crippen molar-refractivity contribution < 1.29 is 15.1 Å². The highest BCUT2D eigenvalue weighted by Gasteiger charge is 1.89. The maximum Gasteiger partial charge on any atom is 0.291 e. The minimum atomic E-state index is -1.50. The fourth-order valence-corrected chi connectivity index (χ4v) is 0.773. The molecule has 9 heteroatoms. The number of hydrazine groups is 1. The number of nitrogens with one attached hydrogen (secondary N) is 2. The molecule has 1 amide bonds. The Labute approximate surface area is 96.0 Å². The van der Waals surface area contributed by atoms with Crippen molar-refractivity contribution in [3.05, 3.63) is 40.4 Å². The van der Waals surface area contributed by atoms with Crippen molar-refractivity contribution >= 4 is 18.1 Å². The first-order valence-corrected chi connectivity index (χ1v) is 4.24. The van der Waals surface area contributed by atoms with E-state index in [0.717, 1.165) is 5.69 Å². The van der Waals surface area contributed by atoms with E-state index >= 15 is 0 Å². The molecule has 1 aromatic carbocycles. The molecule has 17 heavy (non-hydrogen) atoms. The van der Waals surface area contributed by atoms with Gasteiger partial charge in [0.15, 0.2) is 0 Å². The zero-order valence-electron chi connectivity index (χ0n) is 8.61. The summed E-state index contributed by atoms with van der Waals surface area (Å²) in [6.45, 7) is 0. The second kappa shape index (κ2) is 8.47. The summed E-state index contributed by atoms with van der Waals surface area (Å²) in [5.74, 6) is 0.137. The van der Waals surface area contributed by atoms with E-state index in [1.165, 1.54) is 0 Å². The number of amides is 1. The molecule has 5 N–H and O–H groups in total. The van der Waals surface area contributed by atoms with E-state index in [4.69, 9.17) is 21.1 Å². The van der Waals surface area contributed by atoms with Gasteiger partial charge in [-0.05, 0) is 12.1 Å². The maximum absolute atomic E-state index is 9.88. The van der Waals surface area contributed by atoms with Gasteiger partial charge in [0, 0.05) is 0 Å². The van der Waals surface area contributed by atoms with Crippen molar-refractivity contribution in [1.29, 1.82) is 0 Å². The Bertz CT molecular complexity index is 377. The summed E-state index contributed by atoms with van der Waals surface area (Å²) in [7, 11) is 0. The van der Waals surface area contributed by atoms with E-state index in [1.54, 1.807) is 12.1 Å². The summed E-state index contributed by atoms with van der Waals surface area (Å²) < 4.78 is 0. The number of hydrogen-bond donors (Lipinski definition) is 4. The molecular formula is C8H11N5O4. The van der Waals surface area contributed by atoms with Gasteiger partial charge in [-0.1, -0.05) is 18.2 Å². The normalized spacial score (nSPS) is 9.53. The third-order valence-electron chi connectivity index (χ3n) is 1.26. The second-order valence-corrected chi connectivity index (χ2v) is 2.46. The highest BCUT2D eigenvalue weighted by molar-refractivity contribution is 5.81. The molecule has 0 unspecified atom stereocenters. The van der Waals surface area contributed by atoms with Crippen LogP contribution in [0.25, 0.3) is 0 Å². The van der Waals surface area contributed by atoms with E-state index < -0.39 is 5.09 Å². The third kappa shape index (κ3) is 9.46. The fourth-order valence-electron chi connectivity index (χ4n) is 0.773. The highest BCUT2D eigenvalue weighted by atomic mass is 16.9. The number of carbonyl (C=O) groups is 1. The number of nitrogens with zero attached hydrogens (tertiary/aromatic N) is 2. The van der Waals surface area contributed by atoms with Crippen LogP contribution in [0.15, 0.2) is 35.3 Å². The summed E-state index contributed by atoms with van der Waals surface area (Å²) in [6.07, 6.45) is 0.480. The molecule has 0 bridgehead atoms. The number of benzene rings is 1. The first kappa shape index (κ1) is 14.2. The van der Waals surface area contributed by atoms with Crippen LogP contribution in [0.1, 0.15) is 0 Å². The molecule has 0 atom stereocenters.